The van der Waals surface area contributed by atoms with E-state index >= 15 is 0 Å². The topological polar surface area (TPSA) is 36.9 Å². The molecule has 4 nitrogen and oxygen atoms in total. The van der Waals surface area contributed by atoms with Crippen LogP contribution in [0.1, 0.15) is 0 Å². The highest BCUT2D eigenvalue weighted by Crippen LogP contribution is 2.26. The summed E-state index contributed by atoms with van der Waals surface area (Å²) in [7, 11) is -4.60. The second-order valence-corrected chi connectivity index (χ2v) is 21.3. The summed E-state index contributed by atoms with van der Waals surface area (Å²) in [6, 6.07) is 0. The van der Waals surface area contributed by atoms with E-state index in [2.05, 4.69) is 58.9 Å². The van der Waals surface area contributed by atoms with E-state index in [0.717, 1.165) is 0 Å². The lowest BCUT2D eigenvalue weighted by molar-refractivity contribution is -0.0899. The zero-order valence-electron chi connectivity index (χ0n) is 14.2. The predicted molar refractivity (Wildman–Crippen MR) is 91.3 cm³/mol. The molecule has 0 fully saturated rings. The lowest BCUT2D eigenvalue weighted by atomic mass is 10.6. The van der Waals surface area contributed by atoms with E-state index in [1.54, 1.807) is 0 Å². The summed E-state index contributed by atoms with van der Waals surface area (Å²) < 4.78 is 23.8. The zero-order chi connectivity index (χ0) is 15.5. The Balaban J connectivity index is 4.97. The highest BCUT2D eigenvalue weighted by Gasteiger charge is 2.37. The molecular weight excluding hydrogens is 308 g/mol. The van der Waals surface area contributed by atoms with Crippen LogP contribution in [0.25, 0.3) is 0 Å². The first-order valence-electron chi connectivity index (χ1n) is 6.69. The molecule has 1 unspecified atom stereocenters. The molecule has 0 aromatic carbocycles. The molecule has 0 N–H and O–H groups in total. The summed E-state index contributed by atoms with van der Waals surface area (Å²) >= 11 is 0. The Bertz CT molecular complexity index is 251. The average molecular weight is 340 g/mol. The van der Waals surface area contributed by atoms with Crippen LogP contribution in [0.5, 0.6) is 0 Å². The first-order valence-corrected chi connectivity index (χ1v) is 17.7. The van der Waals surface area contributed by atoms with E-state index in [-0.39, 0.29) is 0 Å². The van der Waals surface area contributed by atoms with Crippen LogP contribution in [0.4, 0.5) is 0 Å². The van der Waals surface area contributed by atoms with Gasteiger partial charge in [-0.05, 0) is 58.9 Å². The number of rotatable bonds is 8. The van der Waals surface area contributed by atoms with Crippen LogP contribution in [0.15, 0.2) is 0 Å². The smallest absolute Gasteiger partial charge is 0.259 e. The fourth-order valence-corrected chi connectivity index (χ4v) is 4.12. The van der Waals surface area contributed by atoms with Gasteiger partial charge in [0.05, 0.1) is 0 Å². The molecule has 8 heteroatoms. The van der Waals surface area contributed by atoms with Gasteiger partial charge in [0.25, 0.3) is 6.29 Å². The van der Waals surface area contributed by atoms with E-state index < -0.39 is 31.2 Å². The van der Waals surface area contributed by atoms with E-state index in [0.29, 0.717) is 16.8 Å². The van der Waals surface area contributed by atoms with Crippen LogP contribution in [0.3, 0.4) is 0 Å². The minimum Gasteiger partial charge on any atom is -0.400 e. The van der Waals surface area contributed by atoms with Crippen molar-refractivity contribution in [1.82, 2.24) is 0 Å². The maximum absolute atomic E-state index is 6.08. The van der Waals surface area contributed by atoms with Crippen molar-refractivity contribution < 1.29 is 17.7 Å². The lowest BCUT2D eigenvalue weighted by Gasteiger charge is -2.36. The molecule has 0 aromatic heterocycles. The first kappa shape index (κ1) is 19.7. The van der Waals surface area contributed by atoms with Gasteiger partial charge < -0.3 is 17.7 Å². The summed E-state index contributed by atoms with van der Waals surface area (Å²) in [5, 5.41) is 0. The van der Waals surface area contributed by atoms with Gasteiger partial charge >= 0.3 is 0 Å². The molecule has 0 aromatic rings. The molecule has 19 heavy (non-hydrogen) atoms. The summed E-state index contributed by atoms with van der Waals surface area (Å²) in [6.45, 7) is 19.2. The van der Waals surface area contributed by atoms with Gasteiger partial charge in [0.15, 0.2) is 31.2 Å². The van der Waals surface area contributed by atoms with Crippen molar-refractivity contribution in [1.29, 1.82) is 0 Å². The SMILES string of the molecule is C[Si](C)(C)O[C](O[Si](C)(C)C)C(O[SiH3])O[Si](C)(C)C. The van der Waals surface area contributed by atoms with Crippen molar-refractivity contribution in [2.24, 2.45) is 0 Å². The van der Waals surface area contributed by atoms with Crippen molar-refractivity contribution in [3.8, 4) is 0 Å². The fourth-order valence-electron chi connectivity index (χ4n) is 1.23. The fraction of sp³-hybridized carbons (Fsp3) is 0.909. The molecule has 0 saturated heterocycles. The minimum atomic E-state index is -1.74. The Morgan fingerprint density at radius 1 is 0.737 bits per heavy atom. The molecule has 0 bridgehead atoms. The maximum Gasteiger partial charge on any atom is 0.259 e. The summed E-state index contributed by atoms with van der Waals surface area (Å²) in [5.74, 6) is 0. The van der Waals surface area contributed by atoms with E-state index in [1.807, 2.05) is 0 Å². The Morgan fingerprint density at radius 2 is 1.11 bits per heavy atom. The monoisotopic (exact) mass is 339 g/mol. The zero-order valence-corrected chi connectivity index (χ0v) is 19.2. The average Bonchev–Trinajstić information content (AvgIpc) is 2.06. The van der Waals surface area contributed by atoms with Gasteiger partial charge in [-0.25, -0.2) is 0 Å². The molecular formula is C11H31O4Si4. The molecule has 0 aliphatic carbocycles. The molecule has 0 aliphatic heterocycles. The summed E-state index contributed by atoms with van der Waals surface area (Å²) in [5.41, 5.74) is 0. The van der Waals surface area contributed by atoms with Gasteiger partial charge in [0.2, 0.25) is 0 Å². The molecule has 0 rings (SSSR count). The van der Waals surface area contributed by atoms with Crippen molar-refractivity contribution in [3.05, 3.63) is 6.29 Å². The summed E-state index contributed by atoms with van der Waals surface area (Å²) in [6.07, 6.45) is 0.0903. The maximum atomic E-state index is 6.08. The van der Waals surface area contributed by atoms with Crippen LogP contribution in [0, 0.1) is 6.29 Å². The Labute approximate surface area is 125 Å². The molecule has 1 radical (unpaired) electrons. The van der Waals surface area contributed by atoms with Crippen LogP contribution in [0.2, 0.25) is 58.9 Å². The molecule has 1 atom stereocenters. The molecule has 115 valence electrons. The molecule has 0 aliphatic rings. The van der Waals surface area contributed by atoms with Crippen molar-refractivity contribution in [3.63, 3.8) is 0 Å². The van der Waals surface area contributed by atoms with Crippen molar-refractivity contribution in [2.45, 2.75) is 65.2 Å². The normalized spacial score (nSPS) is 16.1. The van der Waals surface area contributed by atoms with Crippen LogP contribution < -0.4 is 0 Å². The lowest BCUT2D eigenvalue weighted by Crippen LogP contribution is -2.45. The number of hydrogen-bond acceptors (Lipinski definition) is 4. The molecule has 0 heterocycles. The second kappa shape index (κ2) is 7.12. The quantitative estimate of drug-likeness (QED) is 0.503. The van der Waals surface area contributed by atoms with Crippen molar-refractivity contribution in [2.75, 3.05) is 0 Å². The van der Waals surface area contributed by atoms with Crippen molar-refractivity contribution >= 4 is 35.4 Å². The molecule has 0 amide bonds. The first-order chi connectivity index (χ1) is 8.23. The van der Waals surface area contributed by atoms with E-state index in [1.165, 1.54) is 0 Å². The van der Waals surface area contributed by atoms with E-state index in [4.69, 9.17) is 17.7 Å². The third-order valence-electron chi connectivity index (χ3n) is 1.68. The standard InChI is InChI=1S/C11H31O4Si4/c1-17(2,3)13-10(12-16)11(14-18(4,5)6)15-19(7,8)9/h10H,1-9,16H3. The largest absolute Gasteiger partial charge is 0.400 e. The van der Waals surface area contributed by atoms with E-state index in [9.17, 15) is 0 Å². The highest BCUT2D eigenvalue weighted by molar-refractivity contribution is 6.71. The van der Waals surface area contributed by atoms with Crippen LogP contribution >= 0.6 is 0 Å². The van der Waals surface area contributed by atoms with Gasteiger partial charge in [-0.15, -0.1) is 0 Å². The number of hydrogen-bond donors (Lipinski definition) is 0. The Kier molecular flexibility index (Phi) is 7.38. The molecule has 0 spiro atoms. The Morgan fingerprint density at radius 3 is 1.32 bits per heavy atom. The minimum absolute atomic E-state index is 0.461. The molecule has 0 saturated carbocycles. The third kappa shape index (κ3) is 11.1. The predicted octanol–water partition coefficient (Wildman–Crippen LogP) is 2.65. The van der Waals surface area contributed by atoms with Crippen LogP contribution in [-0.2, 0) is 17.7 Å². The van der Waals surface area contributed by atoms with Gasteiger partial charge in [-0.1, -0.05) is 0 Å². The van der Waals surface area contributed by atoms with Gasteiger partial charge in [-0.2, -0.15) is 0 Å². The second-order valence-electron chi connectivity index (χ2n) is 7.55. The highest BCUT2D eigenvalue weighted by atomic mass is 28.4. The van der Waals surface area contributed by atoms with Gasteiger partial charge in [0.1, 0.15) is 10.5 Å². The van der Waals surface area contributed by atoms with Gasteiger partial charge in [0, 0.05) is 0 Å². The third-order valence-corrected chi connectivity index (χ3v) is 4.66. The Hall–Kier alpha value is 0.708. The van der Waals surface area contributed by atoms with Crippen LogP contribution in [-0.4, -0.2) is 41.7 Å². The summed E-state index contributed by atoms with van der Waals surface area (Å²) in [4.78, 5) is 0. The van der Waals surface area contributed by atoms with Gasteiger partial charge in [-0.3, -0.25) is 0 Å².